The second-order valence-corrected chi connectivity index (χ2v) is 7.74. The zero-order valence-electron chi connectivity index (χ0n) is 18.3. The van der Waals surface area contributed by atoms with Crippen LogP contribution in [0.2, 0.25) is 5.02 Å². The van der Waals surface area contributed by atoms with Crippen LogP contribution in [0.3, 0.4) is 0 Å². The Bertz CT molecular complexity index is 1280. The number of ether oxygens (including phenoxy) is 1. The number of halogens is 1. The minimum Gasteiger partial charge on any atom is -0.497 e. The van der Waals surface area contributed by atoms with Gasteiger partial charge in [-0.3, -0.25) is 4.79 Å². The van der Waals surface area contributed by atoms with E-state index in [9.17, 15) is 20.0 Å². The molecule has 0 bridgehead atoms. The van der Waals surface area contributed by atoms with Crippen molar-refractivity contribution in [3.8, 4) is 17.5 Å². The molecule has 3 aromatic rings. The first-order valence-electron chi connectivity index (χ1n) is 10.00. The number of nitrogens with one attached hydrogen (secondary N) is 1. The third-order valence-corrected chi connectivity index (χ3v) is 5.52. The molecule has 0 saturated carbocycles. The van der Waals surface area contributed by atoms with Gasteiger partial charge in [0.25, 0.3) is 5.91 Å². The highest BCUT2D eigenvalue weighted by Crippen LogP contribution is 2.26. The molecule has 0 aliphatic heterocycles. The Morgan fingerprint density at radius 3 is 2.48 bits per heavy atom. The quantitative estimate of drug-likeness (QED) is 0.391. The Morgan fingerprint density at radius 1 is 1.18 bits per heavy atom. The Kier molecular flexibility index (Phi) is 7.21. The summed E-state index contributed by atoms with van der Waals surface area (Å²) in [5, 5.41) is 21.8. The van der Waals surface area contributed by atoms with Gasteiger partial charge < -0.3 is 19.7 Å². The van der Waals surface area contributed by atoms with E-state index in [1.165, 1.54) is 18.2 Å². The lowest BCUT2D eigenvalue weighted by Crippen LogP contribution is -2.23. The first kappa shape index (κ1) is 23.6. The molecule has 33 heavy (non-hydrogen) atoms. The summed E-state index contributed by atoms with van der Waals surface area (Å²) in [6.07, 6.45) is 1.52. The van der Waals surface area contributed by atoms with Crippen molar-refractivity contribution in [3.05, 3.63) is 87.2 Å². The molecular formula is C25H22ClN3O4. The van der Waals surface area contributed by atoms with Crippen molar-refractivity contribution >= 4 is 29.6 Å². The predicted molar refractivity (Wildman–Crippen MR) is 126 cm³/mol. The standard InChI is InChI=1S/C25H22ClN3O4/c1-15-10-18(16(2)29(15)20-6-9-23(26)22(12-20)25(31)32)11-19(13-27)24(30)28-14-17-4-7-21(33-3)8-5-17/h4-12H,14H2,1-3H3,(H,28,30)(H,31,32). The second kappa shape index (κ2) is 10.1. The number of aryl methyl sites for hydroxylation is 1. The number of methoxy groups -OCH3 is 1. The third-order valence-electron chi connectivity index (χ3n) is 5.19. The summed E-state index contributed by atoms with van der Waals surface area (Å²) in [7, 11) is 1.58. The lowest BCUT2D eigenvalue weighted by atomic mass is 10.1. The molecule has 0 aliphatic carbocycles. The fraction of sp³-hybridized carbons (Fsp3) is 0.160. The van der Waals surface area contributed by atoms with Gasteiger partial charge in [-0.1, -0.05) is 23.7 Å². The van der Waals surface area contributed by atoms with Crippen LogP contribution in [0.25, 0.3) is 11.8 Å². The number of carbonyl (C=O) groups is 2. The molecule has 1 amide bonds. The summed E-state index contributed by atoms with van der Waals surface area (Å²) in [5.41, 5.74) is 3.69. The minimum atomic E-state index is -1.12. The number of nitriles is 1. The van der Waals surface area contributed by atoms with E-state index in [0.29, 0.717) is 17.0 Å². The van der Waals surface area contributed by atoms with Gasteiger partial charge in [0, 0.05) is 23.6 Å². The molecular weight excluding hydrogens is 442 g/mol. The fourth-order valence-corrected chi connectivity index (χ4v) is 3.67. The summed E-state index contributed by atoms with van der Waals surface area (Å²) >= 11 is 5.99. The van der Waals surface area contributed by atoms with Crippen molar-refractivity contribution in [2.45, 2.75) is 20.4 Å². The average Bonchev–Trinajstić information content (AvgIpc) is 3.09. The zero-order chi connectivity index (χ0) is 24.1. The lowest BCUT2D eigenvalue weighted by molar-refractivity contribution is -0.117. The molecule has 3 rings (SSSR count). The Labute approximate surface area is 196 Å². The normalized spacial score (nSPS) is 11.1. The van der Waals surface area contributed by atoms with Gasteiger partial charge in [0.2, 0.25) is 0 Å². The van der Waals surface area contributed by atoms with E-state index in [4.69, 9.17) is 16.3 Å². The van der Waals surface area contributed by atoms with Gasteiger partial charge in [0.15, 0.2) is 0 Å². The molecule has 0 aliphatic rings. The van der Waals surface area contributed by atoms with Gasteiger partial charge >= 0.3 is 5.97 Å². The maximum absolute atomic E-state index is 12.6. The molecule has 0 saturated heterocycles. The van der Waals surface area contributed by atoms with Crippen LogP contribution in [0.1, 0.15) is 32.9 Å². The maximum Gasteiger partial charge on any atom is 0.337 e. The molecule has 1 aromatic heterocycles. The average molecular weight is 464 g/mol. The number of carbonyl (C=O) groups excluding carboxylic acids is 1. The van der Waals surface area contributed by atoms with Crippen molar-refractivity contribution in [2.24, 2.45) is 0 Å². The second-order valence-electron chi connectivity index (χ2n) is 7.33. The van der Waals surface area contributed by atoms with Gasteiger partial charge in [-0.25, -0.2) is 4.79 Å². The van der Waals surface area contributed by atoms with E-state index < -0.39 is 11.9 Å². The molecule has 1 heterocycles. The largest absolute Gasteiger partial charge is 0.497 e. The molecule has 0 fully saturated rings. The summed E-state index contributed by atoms with van der Waals surface area (Å²) in [6, 6.07) is 15.8. The van der Waals surface area contributed by atoms with Crippen LogP contribution >= 0.6 is 11.6 Å². The van der Waals surface area contributed by atoms with Crippen molar-refractivity contribution in [1.29, 1.82) is 5.26 Å². The fourth-order valence-electron chi connectivity index (χ4n) is 3.47. The van der Waals surface area contributed by atoms with E-state index in [2.05, 4.69) is 5.32 Å². The number of rotatable bonds is 7. The number of aromatic nitrogens is 1. The number of carboxylic acid groups (broad SMARTS) is 1. The Balaban J connectivity index is 1.86. The molecule has 168 valence electrons. The number of aromatic carboxylic acids is 1. The highest BCUT2D eigenvalue weighted by atomic mass is 35.5. The van der Waals surface area contributed by atoms with Crippen molar-refractivity contribution < 1.29 is 19.4 Å². The van der Waals surface area contributed by atoms with Crippen molar-refractivity contribution in [2.75, 3.05) is 7.11 Å². The molecule has 2 aromatic carbocycles. The predicted octanol–water partition coefficient (Wildman–Crippen LogP) is 4.68. The number of hydrogen-bond acceptors (Lipinski definition) is 4. The minimum absolute atomic E-state index is 0.00520. The van der Waals surface area contributed by atoms with Gasteiger partial charge in [-0.05, 0) is 67.4 Å². The molecule has 0 unspecified atom stereocenters. The maximum atomic E-state index is 12.6. The summed E-state index contributed by atoms with van der Waals surface area (Å²) in [4.78, 5) is 24.0. The van der Waals surface area contributed by atoms with E-state index in [0.717, 1.165) is 17.0 Å². The van der Waals surface area contributed by atoms with E-state index in [-0.39, 0.29) is 22.7 Å². The van der Waals surface area contributed by atoms with Crippen LogP contribution in [0, 0.1) is 25.2 Å². The number of nitrogens with zero attached hydrogens (tertiary/aromatic N) is 2. The van der Waals surface area contributed by atoms with Crippen LogP contribution in [0.4, 0.5) is 0 Å². The Hall–Kier alpha value is -4.02. The number of hydrogen-bond donors (Lipinski definition) is 2. The monoisotopic (exact) mass is 463 g/mol. The topological polar surface area (TPSA) is 104 Å². The lowest BCUT2D eigenvalue weighted by Gasteiger charge is -2.11. The van der Waals surface area contributed by atoms with E-state index >= 15 is 0 Å². The molecule has 0 radical (unpaired) electrons. The summed E-state index contributed by atoms with van der Waals surface area (Å²) < 4.78 is 6.96. The molecule has 8 heteroatoms. The highest BCUT2D eigenvalue weighted by Gasteiger charge is 2.16. The highest BCUT2D eigenvalue weighted by molar-refractivity contribution is 6.33. The first-order valence-corrected chi connectivity index (χ1v) is 10.4. The van der Waals surface area contributed by atoms with E-state index in [1.54, 1.807) is 25.3 Å². The van der Waals surface area contributed by atoms with Crippen molar-refractivity contribution in [1.82, 2.24) is 9.88 Å². The van der Waals surface area contributed by atoms with Crippen LogP contribution in [0.5, 0.6) is 5.75 Å². The van der Waals surface area contributed by atoms with Crippen molar-refractivity contribution in [3.63, 3.8) is 0 Å². The number of amides is 1. The van der Waals surface area contributed by atoms with Gasteiger partial charge in [0.1, 0.15) is 17.4 Å². The smallest absolute Gasteiger partial charge is 0.337 e. The first-order chi connectivity index (χ1) is 15.7. The number of benzene rings is 2. The summed E-state index contributed by atoms with van der Waals surface area (Å²) in [6.45, 7) is 3.96. The molecule has 7 nitrogen and oxygen atoms in total. The SMILES string of the molecule is COc1ccc(CNC(=O)C(C#N)=Cc2cc(C)n(-c3ccc(Cl)c(C(=O)O)c3)c2C)cc1. The van der Waals surface area contributed by atoms with Gasteiger partial charge in [0.05, 0.1) is 17.7 Å². The molecule has 0 spiro atoms. The molecule has 0 atom stereocenters. The van der Waals surface area contributed by atoms with Gasteiger partial charge in [-0.2, -0.15) is 5.26 Å². The van der Waals surface area contributed by atoms with Crippen LogP contribution in [-0.2, 0) is 11.3 Å². The zero-order valence-corrected chi connectivity index (χ0v) is 19.1. The third kappa shape index (κ3) is 5.25. The Morgan fingerprint density at radius 2 is 1.88 bits per heavy atom. The summed E-state index contributed by atoms with van der Waals surface area (Å²) in [5.74, 6) is -0.892. The van der Waals surface area contributed by atoms with Gasteiger partial charge in [-0.15, -0.1) is 0 Å². The number of carboxylic acids is 1. The molecule has 2 N–H and O–H groups in total. The van der Waals surface area contributed by atoms with E-state index in [1.807, 2.05) is 42.7 Å². The van der Waals surface area contributed by atoms with Crippen LogP contribution < -0.4 is 10.1 Å². The van der Waals surface area contributed by atoms with Crippen LogP contribution in [0.15, 0.2) is 54.1 Å². The van der Waals surface area contributed by atoms with Crippen LogP contribution in [-0.4, -0.2) is 28.7 Å².